The number of anilines is 1. The molecule has 5 nitrogen and oxygen atoms in total. The number of aryl methyl sites for hydroxylation is 1. The lowest BCUT2D eigenvalue weighted by molar-refractivity contribution is 0.701. The topological polar surface area (TPSA) is 69.6 Å². The van der Waals surface area contributed by atoms with E-state index in [-0.39, 0.29) is 0 Å². The molecule has 3 rings (SSSR count). The summed E-state index contributed by atoms with van der Waals surface area (Å²) in [4.78, 5) is 8.20. The van der Waals surface area contributed by atoms with Crippen LogP contribution in [0.3, 0.4) is 0 Å². The van der Waals surface area contributed by atoms with Gasteiger partial charge >= 0.3 is 0 Å². The highest BCUT2D eigenvalue weighted by Crippen LogP contribution is 2.17. The van der Waals surface area contributed by atoms with E-state index in [9.17, 15) is 0 Å². The Hall–Kier alpha value is -2.43. The van der Waals surface area contributed by atoms with Crippen LogP contribution in [-0.2, 0) is 6.54 Å². The molecule has 3 aromatic rings. The molecule has 0 spiro atoms. The summed E-state index contributed by atoms with van der Waals surface area (Å²) >= 11 is 0. The van der Waals surface area contributed by atoms with Gasteiger partial charge in [-0.3, -0.25) is 0 Å². The van der Waals surface area contributed by atoms with E-state index >= 15 is 0 Å². The lowest BCUT2D eigenvalue weighted by Crippen LogP contribution is -2.04. The molecule has 18 heavy (non-hydrogen) atoms. The second kappa shape index (κ2) is 4.10. The van der Waals surface area contributed by atoms with Crippen LogP contribution in [0.5, 0.6) is 0 Å². The van der Waals surface area contributed by atoms with E-state index in [0.717, 1.165) is 11.0 Å². The van der Waals surface area contributed by atoms with E-state index in [1.807, 2.05) is 16.8 Å². The van der Waals surface area contributed by atoms with Gasteiger partial charge in [0.1, 0.15) is 12.1 Å². The van der Waals surface area contributed by atoms with Crippen LogP contribution in [0.25, 0.3) is 11.0 Å². The van der Waals surface area contributed by atoms with E-state index in [1.54, 1.807) is 6.20 Å². The van der Waals surface area contributed by atoms with Crippen LogP contribution in [0.4, 0.5) is 5.82 Å². The minimum atomic E-state index is 0.469. The van der Waals surface area contributed by atoms with E-state index in [4.69, 9.17) is 5.73 Å². The molecule has 90 valence electrons. The predicted molar refractivity (Wildman–Crippen MR) is 70.0 cm³/mol. The van der Waals surface area contributed by atoms with Gasteiger partial charge in [0.15, 0.2) is 5.65 Å². The zero-order valence-electron chi connectivity index (χ0n) is 10.0. The van der Waals surface area contributed by atoms with Crippen molar-refractivity contribution in [2.45, 2.75) is 13.5 Å². The van der Waals surface area contributed by atoms with Crippen molar-refractivity contribution in [2.24, 2.45) is 0 Å². The van der Waals surface area contributed by atoms with Crippen LogP contribution >= 0.6 is 0 Å². The summed E-state index contributed by atoms with van der Waals surface area (Å²) in [6, 6.07) is 8.23. The van der Waals surface area contributed by atoms with Crippen molar-refractivity contribution >= 4 is 16.9 Å². The molecule has 0 aliphatic carbocycles. The fourth-order valence-electron chi connectivity index (χ4n) is 1.98. The molecule has 5 heteroatoms. The first-order chi connectivity index (χ1) is 8.75. The largest absolute Gasteiger partial charge is 0.383 e. The number of hydrogen-bond donors (Lipinski definition) is 1. The minimum absolute atomic E-state index is 0.469. The molecule has 2 heterocycles. The summed E-state index contributed by atoms with van der Waals surface area (Å²) in [6.45, 7) is 2.77. The lowest BCUT2D eigenvalue weighted by Gasteiger charge is -2.06. The van der Waals surface area contributed by atoms with Crippen LogP contribution < -0.4 is 5.73 Å². The van der Waals surface area contributed by atoms with Gasteiger partial charge in [-0.2, -0.15) is 5.10 Å². The molecule has 1 aromatic carbocycles. The Balaban J connectivity index is 2.06. The Morgan fingerprint density at radius 2 is 2.06 bits per heavy atom. The third-order valence-electron chi connectivity index (χ3n) is 3.05. The molecular formula is C13H13N5. The van der Waals surface area contributed by atoms with E-state index < -0.39 is 0 Å². The van der Waals surface area contributed by atoms with Gasteiger partial charge in [-0.15, -0.1) is 0 Å². The van der Waals surface area contributed by atoms with Gasteiger partial charge in [0.25, 0.3) is 0 Å². The molecule has 0 atom stereocenters. The van der Waals surface area contributed by atoms with Gasteiger partial charge in [-0.25, -0.2) is 14.6 Å². The summed E-state index contributed by atoms with van der Waals surface area (Å²) < 4.78 is 1.84. The molecule has 0 fully saturated rings. The summed E-state index contributed by atoms with van der Waals surface area (Å²) in [6.07, 6.45) is 3.18. The normalized spacial score (nSPS) is 10.9. The maximum atomic E-state index is 5.79. The number of hydrogen-bond acceptors (Lipinski definition) is 4. The van der Waals surface area contributed by atoms with E-state index in [2.05, 4.69) is 34.1 Å². The minimum Gasteiger partial charge on any atom is -0.383 e. The predicted octanol–water partition coefficient (Wildman–Crippen LogP) is 1.77. The van der Waals surface area contributed by atoms with Crippen LogP contribution in [-0.4, -0.2) is 19.7 Å². The highest BCUT2D eigenvalue weighted by atomic mass is 15.3. The average Bonchev–Trinajstić information content (AvgIpc) is 2.77. The van der Waals surface area contributed by atoms with E-state index in [1.165, 1.54) is 17.5 Å². The molecule has 0 aliphatic rings. The molecule has 2 aromatic heterocycles. The van der Waals surface area contributed by atoms with Crippen molar-refractivity contribution < 1.29 is 0 Å². The maximum absolute atomic E-state index is 5.79. The quantitative estimate of drug-likeness (QED) is 0.739. The third kappa shape index (κ3) is 1.69. The SMILES string of the molecule is Cc1ccccc1Cn1ncc2c(N)ncnc21. The van der Waals surface area contributed by atoms with Gasteiger partial charge in [0.05, 0.1) is 18.1 Å². The Morgan fingerprint density at radius 3 is 2.89 bits per heavy atom. The summed E-state index contributed by atoms with van der Waals surface area (Å²) in [5, 5.41) is 5.12. The Bertz CT molecular complexity index is 701. The molecule has 0 saturated heterocycles. The average molecular weight is 239 g/mol. The monoisotopic (exact) mass is 239 g/mol. The number of nitrogen functional groups attached to an aromatic ring is 1. The van der Waals surface area contributed by atoms with Crippen molar-refractivity contribution in [3.8, 4) is 0 Å². The van der Waals surface area contributed by atoms with Gasteiger partial charge in [-0.05, 0) is 18.1 Å². The summed E-state index contributed by atoms with van der Waals surface area (Å²) in [7, 11) is 0. The van der Waals surface area contributed by atoms with Gasteiger partial charge < -0.3 is 5.73 Å². The van der Waals surface area contributed by atoms with Crippen LogP contribution in [0.2, 0.25) is 0 Å². The smallest absolute Gasteiger partial charge is 0.163 e. The molecule has 0 amide bonds. The summed E-state index contributed by atoms with van der Waals surface area (Å²) in [5.41, 5.74) is 9.02. The Kier molecular flexibility index (Phi) is 2.44. The fourth-order valence-corrected chi connectivity index (χ4v) is 1.98. The van der Waals surface area contributed by atoms with Crippen LogP contribution in [0.1, 0.15) is 11.1 Å². The summed E-state index contributed by atoms with van der Waals surface area (Å²) in [5.74, 6) is 0.469. The zero-order valence-corrected chi connectivity index (χ0v) is 10.0. The molecule has 2 N–H and O–H groups in total. The standard InChI is InChI=1S/C13H13N5/c1-9-4-2-3-5-10(9)7-18-13-11(6-17-18)12(14)15-8-16-13/h2-6,8H,7H2,1H3,(H2,14,15,16). The van der Waals surface area contributed by atoms with Crippen LogP contribution in [0.15, 0.2) is 36.8 Å². The van der Waals surface area contributed by atoms with Crippen molar-refractivity contribution in [1.82, 2.24) is 19.7 Å². The highest BCUT2D eigenvalue weighted by molar-refractivity contribution is 5.84. The van der Waals surface area contributed by atoms with Crippen molar-refractivity contribution in [3.63, 3.8) is 0 Å². The number of nitrogens with zero attached hydrogens (tertiary/aromatic N) is 4. The first-order valence-corrected chi connectivity index (χ1v) is 5.72. The van der Waals surface area contributed by atoms with Gasteiger partial charge in [-0.1, -0.05) is 24.3 Å². The number of nitrogens with two attached hydrogens (primary N) is 1. The number of rotatable bonds is 2. The van der Waals surface area contributed by atoms with Gasteiger partial charge in [0, 0.05) is 0 Å². The number of aromatic nitrogens is 4. The number of fused-ring (bicyclic) bond motifs is 1. The molecule has 0 aliphatic heterocycles. The Labute approximate surface area is 104 Å². The van der Waals surface area contributed by atoms with Crippen molar-refractivity contribution in [3.05, 3.63) is 47.9 Å². The lowest BCUT2D eigenvalue weighted by atomic mass is 10.1. The second-order valence-corrected chi connectivity index (χ2v) is 4.22. The zero-order chi connectivity index (χ0) is 12.5. The molecule has 0 unspecified atom stereocenters. The molecule has 0 bridgehead atoms. The van der Waals surface area contributed by atoms with E-state index in [0.29, 0.717) is 12.4 Å². The van der Waals surface area contributed by atoms with Crippen molar-refractivity contribution in [2.75, 3.05) is 5.73 Å². The molecular weight excluding hydrogens is 226 g/mol. The highest BCUT2D eigenvalue weighted by Gasteiger charge is 2.08. The molecule has 0 radical (unpaired) electrons. The first-order valence-electron chi connectivity index (χ1n) is 5.72. The maximum Gasteiger partial charge on any atom is 0.163 e. The second-order valence-electron chi connectivity index (χ2n) is 4.22. The van der Waals surface area contributed by atoms with Gasteiger partial charge in [0.2, 0.25) is 0 Å². The van der Waals surface area contributed by atoms with Crippen molar-refractivity contribution in [1.29, 1.82) is 0 Å². The van der Waals surface area contributed by atoms with Crippen LogP contribution in [0, 0.1) is 6.92 Å². The third-order valence-corrected chi connectivity index (χ3v) is 3.05. The Morgan fingerprint density at radius 1 is 1.22 bits per heavy atom. The first kappa shape index (κ1) is 10.7. The number of benzene rings is 1. The fraction of sp³-hybridized carbons (Fsp3) is 0.154. The molecule has 0 saturated carbocycles.